The van der Waals surface area contributed by atoms with Gasteiger partial charge in [-0.05, 0) is 25.5 Å². The molecule has 0 radical (unpaired) electrons. The number of aliphatic hydroxyl groups is 1. The quantitative estimate of drug-likeness (QED) is 0.886. The first-order valence-corrected chi connectivity index (χ1v) is 8.51. The molecule has 2 N–H and O–H groups in total. The lowest BCUT2D eigenvalue weighted by Gasteiger charge is -2.40. The number of benzene rings is 1. The van der Waals surface area contributed by atoms with Crippen LogP contribution in [0.25, 0.3) is 0 Å². The smallest absolute Gasteiger partial charge is 0.313 e. The number of aryl methyl sites for hydroxylation is 1. The lowest BCUT2D eigenvalue weighted by atomic mass is 9.81. The van der Waals surface area contributed by atoms with E-state index in [0.29, 0.717) is 16.8 Å². The van der Waals surface area contributed by atoms with E-state index in [2.05, 4.69) is 4.98 Å². The van der Waals surface area contributed by atoms with Crippen molar-refractivity contribution in [2.75, 3.05) is 6.54 Å². The molecule has 1 aliphatic rings. The van der Waals surface area contributed by atoms with Crippen LogP contribution in [-0.2, 0) is 4.79 Å². The van der Waals surface area contributed by atoms with Gasteiger partial charge in [-0.25, -0.2) is 4.98 Å². The number of hydrogen-bond donors (Lipinski definition) is 2. The van der Waals surface area contributed by atoms with Gasteiger partial charge in [-0.2, -0.15) is 0 Å². The number of amides is 1. The fraction of sp³-hybridized carbons (Fsp3) is 0.353. The normalized spacial score (nSPS) is 21.5. The Bertz CT molecular complexity index is 786. The summed E-state index contributed by atoms with van der Waals surface area (Å²) in [7, 11) is 0. The molecule has 24 heavy (non-hydrogen) atoms. The molecule has 3 unspecified atom stereocenters. The summed E-state index contributed by atoms with van der Waals surface area (Å²) >= 11 is 1.41. The summed E-state index contributed by atoms with van der Waals surface area (Å²) in [6, 6.07) is 6.02. The zero-order valence-electron chi connectivity index (χ0n) is 13.3. The Morgan fingerprint density at radius 1 is 1.42 bits per heavy atom. The molecule has 1 aromatic carbocycles. The first-order valence-electron chi connectivity index (χ1n) is 7.63. The second-order valence-electron chi connectivity index (χ2n) is 5.95. The molecule has 6 nitrogen and oxygen atoms in total. The number of fused-ring (bicyclic) bond motifs is 1. The summed E-state index contributed by atoms with van der Waals surface area (Å²) in [4.78, 5) is 30.8. The molecule has 0 spiro atoms. The molecular formula is C17H18N2O4S. The van der Waals surface area contributed by atoms with E-state index >= 15 is 0 Å². The molecule has 126 valence electrons. The summed E-state index contributed by atoms with van der Waals surface area (Å²) in [6.45, 7) is 3.46. The predicted octanol–water partition coefficient (Wildman–Crippen LogP) is 2.20. The summed E-state index contributed by atoms with van der Waals surface area (Å²) in [6.07, 6.45) is -0.768. The van der Waals surface area contributed by atoms with E-state index in [1.165, 1.54) is 16.2 Å². The predicted molar refractivity (Wildman–Crippen MR) is 89.1 cm³/mol. The lowest BCUT2D eigenvalue weighted by Crippen LogP contribution is -2.47. The van der Waals surface area contributed by atoms with Gasteiger partial charge in [0.05, 0.1) is 22.8 Å². The van der Waals surface area contributed by atoms with Crippen LogP contribution in [0.4, 0.5) is 0 Å². The van der Waals surface area contributed by atoms with E-state index in [1.807, 2.05) is 6.92 Å². The maximum atomic E-state index is 12.9. The number of aliphatic carboxylic acids is 1. The number of rotatable bonds is 4. The molecule has 3 rings (SSSR count). The van der Waals surface area contributed by atoms with Gasteiger partial charge < -0.3 is 15.1 Å². The van der Waals surface area contributed by atoms with Crippen LogP contribution in [0, 0.1) is 6.92 Å². The molecule has 7 heteroatoms. The molecule has 0 bridgehead atoms. The monoisotopic (exact) mass is 346 g/mol. The number of aromatic nitrogens is 1. The first-order chi connectivity index (χ1) is 11.4. The van der Waals surface area contributed by atoms with Gasteiger partial charge in [-0.1, -0.05) is 18.2 Å². The van der Waals surface area contributed by atoms with Gasteiger partial charge in [0.15, 0.2) is 0 Å². The molecule has 0 saturated heterocycles. The van der Waals surface area contributed by atoms with Gasteiger partial charge in [-0.15, -0.1) is 11.3 Å². The third-order valence-corrected chi connectivity index (χ3v) is 4.90. The number of β-amino-alcohol motifs (C(OH)–C–C–N with tert-alkyl or cyclic N) is 1. The minimum Gasteiger partial charge on any atom is -0.481 e. The van der Waals surface area contributed by atoms with Crippen molar-refractivity contribution in [3.8, 4) is 0 Å². The number of nitrogens with zero attached hydrogens (tertiary/aromatic N) is 2. The van der Waals surface area contributed by atoms with Gasteiger partial charge >= 0.3 is 5.97 Å². The van der Waals surface area contributed by atoms with Crippen molar-refractivity contribution in [3.05, 3.63) is 51.5 Å². The Morgan fingerprint density at radius 2 is 2.12 bits per heavy atom. The maximum Gasteiger partial charge on any atom is 0.313 e. The minimum atomic E-state index is -1.01. The van der Waals surface area contributed by atoms with Gasteiger partial charge in [0, 0.05) is 17.5 Å². The largest absolute Gasteiger partial charge is 0.481 e. The number of carbonyl (C=O) groups excluding carboxylic acids is 1. The standard InChI is InChI=1S/C17H18N2O4S/c1-9(20)7-19-15(13-8-24-10(2)18-13)14(17(22)23)11-5-3-4-6-12(11)16(19)21/h3-6,8-9,14-15,20H,7H2,1-2H3,(H,22,23). The Morgan fingerprint density at radius 3 is 2.71 bits per heavy atom. The van der Waals surface area contributed by atoms with Crippen LogP contribution >= 0.6 is 11.3 Å². The highest BCUT2D eigenvalue weighted by molar-refractivity contribution is 7.09. The van der Waals surface area contributed by atoms with Crippen LogP contribution in [-0.4, -0.2) is 44.6 Å². The third kappa shape index (κ3) is 2.81. The molecule has 3 atom stereocenters. The lowest BCUT2D eigenvalue weighted by molar-refractivity contribution is -0.140. The molecule has 2 aromatic rings. The van der Waals surface area contributed by atoms with Crippen LogP contribution in [0.3, 0.4) is 0 Å². The SMILES string of the molecule is Cc1nc(C2C(C(=O)O)c3ccccc3C(=O)N2CC(C)O)cs1. The Hall–Kier alpha value is -2.25. The fourth-order valence-electron chi connectivity index (χ4n) is 3.19. The number of carboxylic acid groups (broad SMARTS) is 1. The first kappa shape index (κ1) is 16.6. The summed E-state index contributed by atoms with van der Waals surface area (Å²) in [5, 5.41) is 22.2. The highest BCUT2D eigenvalue weighted by Gasteiger charge is 2.45. The van der Waals surface area contributed by atoms with Crippen LogP contribution in [0.5, 0.6) is 0 Å². The molecule has 2 heterocycles. The van der Waals surface area contributed by atoms with Crippen LogP contribution in [0.1, 0.15) is 45.5 Å². The van der Waals surface area contributed by atoms with Crippen molar-refractivity contribution in [2.45, 2.75) is 31.9 Å². The number of aliphatic hydroxyl groups excluding tert-OH is 1. The molecule has 0 aliphatic carbocycles. The highest BCUT2D eigenvalue weighted by atomic mass is 32.1. The zero-order valence-corrected chi connectivity index (χ0v) is 14.2. The van der Waals surface area contributed by atoms with Crippen molar-refractivity contribution in [1.82, 2.24) is 9.88 Å². The van der Waals surface area contributed by atoms with E-state index in [-0.39, 0.29) is 12.5 Å². The van der Waals surface area contributed by atoms with E-state index in [9.17, 15) is 19.8 Å². The summed E-state index contributed by atoms with van der Waals surface area (Å²) in [5.74, 6) is -2.21. The summed E-state index contributed by atoms with van der Waals surface area (Å²) in [5.41, 5.74) is 1.41. The molecular weight excluding hydrogens is 328 g/mol. The zero-order chi connectivity index (χ0) is 17.4. The number of carbonyl (C=O) groups is 2. The number of thiazole rings is 1. The fourth-order valence-corrected chi connectivity index (χ4v) is 3.83. The van der Waals surface area contributed by atoms with Crippen LogP contribution in [0.2, 0.25) is 0 Å². The molecule has 0 fully saturated rings. The highest BCUT2D eigenvalue weighted by Crippen LogP contribution is 2.42. The summed E-state index contributed by atoms with van der Waals surface area (Å²) < 4.78 is 0. The minimum absolute atomic E-state index is 0.0538. The van der Waals surface area contributed by atoms with Crippen molar-refractivity contribution < 1.29 is 19.8 Å². The second-order valence-corrected chi connectivity index (χ2v) is 7.01. The van der Waals surface area contributed by atoms with Gasteiger partial charge in [0.25, 0.3) is 5.91 Å². The van der Waals surface area contributed by atoms with Crippen molar-refractivity contribution in [3.63, 3.8) is 0 Å². The molecule has 0 saturated carbocycles. The Kier molecular flexibility index (Phi) is 4.38. The molecule has 1 aromatic heterocycles. The van der Waals surface area contributed by atoms with E-state index in [0.717, 1.165) is 5.01 Å². The Labute approximate surface area is 143 Å². The topological polar surface area (TPSA) is 90.7 Å². The molecule has 1 aliphatic heterocycles. The second kappa shape index (κ2) is 6.33. The van der Waals surface area contributed by atoms with E-state index in [1.54, 1.807) is 36.6 Å². The molecule has 1 amide bonds. The van der Waals surface area contributed by atoms with Gasteiger partial charge in [0.1, 0.15) is 5.92 Å². The number of carboxylic acids is 1. The van der Waals surface area contributed by atoms with Crippen LogP contribution in [0.15, 0.2) is 29.6 Å². The van der Waals surface area contributed by atoms with Crippen molar-refractivity contribution in [1.29, 1.82) is 0 Å². The van der Waals surface area contributed by atoms with Crippen molar-refractivity contribution >= 4 is 23.2 Å². The Balaban J connectivity index is 2.20. The van der Waals surface area contributed by atoms with Gasteiger partial charge in [-0.3, -0.25) is 9.59 Å². The van der Waals surface area contributed by atoms with Crippen molar-refractivity contribution in [2.24, 2.45) is 0 Å². The van der Waals surface area contributed by atoms with E-state index in [4.69, 9.17) is 0 Å². The van der Waals surface area contributed by atoms with E-state index < -0.39 is 24.0 Å². The maximum absolute atomic E-state index is 12.9. The number of hydrogen-bond acceptors (Lipinski definition) is 5. The van der Waals surface area contributed by atoms with Crippen LogP contribution < -0.4 is 0 Å². The van der Waals surface area contributed by atoms with Gasteiger partial charge in [0.2, 0.25) is 0 Å². The third-order valence-electron chi connectivity index (χ3n) is 4.11. The average molecular weight is 346 g/mol. The average Bonchev–Trinajstić information content (AvgIpc) is 2.95.